The summed E-state index contributed by atoms with van der Waals surface area (Å²) in [4.78, 5) is 5.78. The van der Waals surface area contributed by atoms with Gasteiger partial charge in [-0.05, 0) is 34.8 Å². The Kier molecular flexibility index (Phi) is 5.19. The third kappa shape index (κ3) is 4.16. The van der Waals surface area contributed by atoms with Gasteiger partial charge in [0.15, 0.2) is 0 Å². The molecule has 0 aliphatic carbocycles. The molecule has 0 saturated heterocycles. The van der Waals surface area contributed by atoms with Crippen LogP contribution in [0.15, 0.2) is 28.3 Å². The van der Waals surface area contributed by atoms with Crippen LogP contribution in [0.2, 0.25) is 0 Å². The lowest BCUT2D eigenvalue weighted by Crippen LogP contribution is -2.20. The van der Waals surface area contributed by atoms with Gasteiger partial charge >= 0.3 is 0 Å². The average molecular weight is 342 g/mol. The van der Waals surface area contributed by atoms with E-state index >= 15 is 0 Å². The van der Waals surface area contributed by atoms with Crippen molar-refractivity contribution in [3.8, 4) is 0 Å². The molecule has 1 N–H and O–H groups in total. The van der Waals surface area contributed by atoms with Gasteiger partial charge in [0, 0.05) is 39.7 Å². The summed E-state index contributed by atoms with van der Waals surface area (Å²) in [6, 6.07) is 2.52. The van der Waals surface area contributed by atoms with E-state index in [4.69, 9.17) is 0 Å². The number of imidazole rings is 1. The molecule has 19 heavy (non-hydrogen) atoms. The third-order valence-electron chi connectivity index (χ3n) is 2.94. The number of nitrogens with zero attached hydrogens (tertiary/aromatic N) is 2. The van der Waals surface area contributed by atoms with E-state index in [1.165, 1.54) is 4.88 Å². The molecular weight excluding hydrogens is 322 g/mol. The highest BCUT2D eigenvalue weighted by Gasteiger charge is 2.10. The first-order valence-corrected chi connectivity index (χ1v) is 8.21. The minimum atomic E-state index is 0.348. The Hall–Kier alpha value is -0.650. The molecule has 0 saturated carbocycles. The maximum atomic E-state index is 4.43. The van der Waals surface area contributed by atoms with Crippen LogP contribution in [0.3, 0.4) is 0 Å². The molecule has 0 amide bonds. The van der Waals surface area contributed by atoms with Crippen molar-refractivity contribution in [3.63, 3.8) is 0 Å². The van der Waals surface area contributed by atoms with Crippen LogP contribution in [0.25, 0.3) is 0 Å². The quantitative estimate of drug-likeness (QED) is 0.852. The van der Waals surface area contributed by atoms with Gasteiger partial charge in [-0.15, -0.1) is 11.3 Å². The van der Waals surface area contributed by atoms with E-state index in [1.54, 1.807) is 11.3 Å². The molecule has 2 aromatic heterocycles. The smallest absolute Gasteiger partial charge is 0.122 e. The van der Waals surface area contributed by atoms with Crippen LogP contribution in [0.1, 0.15) is 37.5 Å². The van der Waals surface area contributed by atoms with Crippen molar-refractivity contribution in [3.05, 3.63) is 39.0 Å². The van der Waals surface area contributed by atoms with Crippen LogP contribution in [0.4, 0.5) is 0 Å². The minimum Gasteiger partial charge on any atom is -0.334 e. The first-order chi connectivity index (χ1) is 9.06. The number of rotatable bonds is 6. The fraction of sp³-hybridized carbons (Fsp3) is 0.500. The van der Waals surface area contributed by atoms with Crippen molar-refractivity contribution in [2.24, 2.45) is 5.92 Å². The largest absolute Gasteiger partial charge is 0.334 e. The summed E-state index contributed by atoms with van der Waals surface area (Å²) in [5.74, 6) is 1.75. The SMILES string of the molecule is CC(C)Cn1ccnc1CN[C@H](C)c1cc(Br)cs1. The van der Waals surface area contributed by atoms with Crippen molar-refractivity contribution < 1.29 is 0 Å². The lowest BCUT2D eigenvalue weighted by molar-refractivity contribution is 0.484. The van der Waals surface area contributed by atoms with E-state index in [2.05, 4.69) is 69.2 Å². The summed E-state index contributed by atoms with van der Waals surface area (Å²) in [6.45, 7) is 8.46. The van der Waals surface area contributed by atoms with Crippen LogP contribution in [0, 0.1) is 5.92 Å². The second kappa shape index (κ2) is 6.68. The monoisotopic (exact) mass is 341 g/mol. The highest BCUT2D eigenvalue weighted by molar-refractivity contribution is 9.10. The van der Waals surface area contributed by atoms with Gasteiger partial charge in [0.2, 0.25) is 0 Å². The highest BCUT2D eigenvalue weighted by Crippen LogP contribution is 2.25. The highest BCUT2D eigenvalue weighted by atomic mass is 79.9. The van der Waals surface area contributed by atoms with Gasteiger partial charge in [-0.1, -0.05) is 13.8 Å². The zero-order valence-corrected chi connectivity index (χ0v) is 14.0. The lowest BCUT2D eigenvalue weighted by atomic mass is 10.2. The normalized spacial score (nSPS) is 13.1. The molecule has 0 bridgehead atoms. The van der Waals surface area contributed by atoms with Gasteiger partial charge in [-0.25, -0.2) is 4.98 Å². The fourth-order valence-corrected chi connectivity index (χ4v) is 3.44. The van der Waals surface area contributed by atoms with Gasteiger partial charge in [0.1, 0.15) is 5.82 Å². The Balaban J connectivity index is 1.93. The molecule has 0 unspecified atom stereocenters. The third-order valence-corrected chi connectivity index (χ3v) is 4.82. The van der Waals surface area contributed by atoms with Gasteiger partial charge < -0.3 is 9.88 Å². The number of thiophene rings is 1. The first kappa shape index (κ1) is 14.8. The number of hydrogen-bond acceptors (Lipinski definition) is 3. The number of nitrogens with one attached hydrogen (secondary N) is 1. The van der Waals surface area contributed by atoms with E-state index in [1.807, 2.05) is 6.20 Å². The van der Waals surface area contributed by atoms with Crippen LogP contribution in [0.5, 0.6) is 0 Å². The molecule has 1 atom stereocenters. The van der Waals surface area contributed by atoms with Crippen LogP contribution in [-0.2, 0) is 13.1 Å². The van der Waals surface area contributed by atoms with Crippen molar-refractivity contribution >= 4 is 27.3 Å². The van der Waals surface area contributed by atoms with E-state index in [-0.39, 0.29) is 0 Å². The molecule has 2 rings (SSSR count). The first-order valence-electron chi connectivity index (χ1n) is 6.53. The van der Waals surface area contributed by atoms with Gasteiger partial charge in [-0.2, -0.15) is 0 Å². The second-order valence-corrected chi connectivity index (χ2v) is 7.02. The molecular formula is C14H20BrN3S. The van der Waals surface area contributed by atoms with Crippen molar-refractivity contribution in [2.75, 3.05) is 0 Å². The Bertz CT molecular complexity index is 518. The van der Waals surface area contributed by atoms with Gasteiger partial charge in [-0.3, -0.25) is 0 Å². The molecule has 5 heteroatoms. The van der Waals surface area contributed by atoms with Gasteiger partial charge in [0.05, 0.1) is 6.54 Å². The van der Waals surface area contributed by atoms with E-state index < -0.39 is 0 Å². The lowest BCUT2D eigenvalue weighted by Gasteiger charge is -2.14. The summed E-state index contributed by atoms with van der Waals surface area (Å²) in [5, 5.41) is 5.65. The van der Waals surface area contributed by atoms with E-state index in [9.17, 15) is 0 Å². The van der Waals surface area contributed by atoms with Gasteiger partial charge in [0.25, 0.3) is 0 Å². The summed E-state index contributed by atoms with van der Waals surface area (Å²) in [7, 11) is 0. The van der Waals surface area contributed by atoms with Crippen LogP contribution < -0.4 is 5.32 Å². The summed E-state index contributed by atoms with van der Waals surface area (Å²) >= 11 is 5.27. The summed E-state index contributed by atoms with van der Waals surface area (Å²) in [5.41, 5.74) is 0. The molecule has 0 spiro atoms. The topological polar surface area (TPSA) is 29.9 Å². The molecule has 0 fully saturated rings. The Morgan fingerprint density at radius 1 is 1.42 bits per heavy atom. The average Bonchev–Trinajstić information content (AvgIpc) is 2.95. The Morgan fingerprint density at radius 2 is 2.21 bits per heavy atom. The van der Waals surface area contributed by atoms with Crippen LogP contribution >= 0.6 is 27.3 Å². The molecule has 0 aliphatic rings. The van der Waals surface area contributed by atoms with Crippen molar-refractivity contribution in [1.82, 2.24) is 14.9 Å². The Morgan fingerprint density at radius 3 is 2.84 bits per heavy atom. The molecule has 2 heterocycles. The fourth-order valence-electron chi connectivity index (χ4n) is 1.97. The Labute approximate surface area is 127 Å². The molecule has 0 radical (unpaired) electrons. The molecule has 3 nitrogen and oxygen atoms in total. The number of aromatic nitrogens is 2. The zero-order chi connectivity index (χ0) is 13.8. The molecule has 0 aromatic carbocycles. The molecule has 104 valence electrons. The molecule has 2 aromatic rings. The summed E-state index contributed by atoms with van der Waals surface area (Å²) in [6.07, 6.45) is 3.94. The van der Waals surface area contributed by atoms with Crippen molar-refractivity contribution in [2.45, 2.75) is 39.9 Å². The number of hydrogen-bond donors (Lipinski definition) is 1. The zero-order valence-electron chi connectivity index (χ0n) is 11.6. The predicted molar refractivity (Wildman–Crippen MR) is 84.3 cm³/mol. The maximum absolute atomic E-state index is 4.43. The predicted octanol–water partition coefficient (Wildman–Crippen LogP) is 4.21. The second-order valence-electron chi connectivity index (χ2n) is 5.16. The maximum Gasteiger partial charge on any atom is 0.122 e. The minimum absolute atomic E-state index is 0.348. The van der Waals surface area contributed by atoms with E-state index in [0.29, 0.717) is 12.0 Å². The van der Waals surface area contributed by atoms with Crippen LogP contribution in [-0.4, -0.2) is 9.55 Å². The summed E-state index contributed by atoms with van der Waals surface area (Å²) < 4.78 is 3.39. The molecule has 0 aliphatic heterocycles. The number of halogens is 1. The van der Waals surface area contributed by atoms with Crippen molar-refractivity contribution in [1.29, 1.82) is 0 Å². The standard InChI is InChI=1S/C14H20BrN3S/c1-10(2)8-18-5-4-16-14(18)7-17-11(3)13-6-12(15)9-19-13/h4-6,9-11,17H,7-8H2,1-3H3/t11-/m1/s1. The van der Waals surface area contributed by atoms with E-state index in [0.717, 1.165) is 23.4 Å².